The van der Waals surface area contributed by atoms with E-state index in [-0.39, 0.29) is 17.1 Å². The Morgan fingerprint density at radius 3 is 2.46 bits per heavy atom. The molecule has 2 heterocycles. The highest BCUT2D eigenvalue weighted by Gasteiger charge is 2.20. The number of carbonyl (C=O) groups excluding carboxylic acids is 1. The second-order valence-electron chi connectivity index (χ2n) is 8.60. The first-order chi connectivity index (χ1) is 17.6. The van der Waals surface area contributed by atoms with Gasteiger partial charge >= 0.3 is 6.03 Å². The van der Waals surface area contributed by atoms with E-state index >= 15 is 0 Å². The Kier molecular flexibility index (Phi) is 7.55. The van der Waals surface area contributed by atoms with Gasteiger partial charge in [0.05, 0.1) is 4.90 Å². The van der Waals surface area contributed by atoms with E-state index in [1.807, 2.05) is 48.9 Å². The molecule has 0 aliphatic rings. The molecule has 0 bridgehead atoms. The van der Waals surface area contributed by atoms with Crippen LogP contribution in [0.3, 0.4) is 0 Å². The number of amides is 2. The van der Waals surface area contributed by atoms with Crippen molar-refractivity contribution in [3.05, 3.63) is 77.2 Å². The SMILES string of the molecule is CCc1nc2c(C)cc(C)nc2n1-c1ccc(CCNC(=O)NS(=O)(=O)c2cccc([NH+](O)O)c2)cc1. The fourth-order valence-electron chi connectivity index (χ4n) is 4.07. The first-order valence-electron chi connectivity index (χ1n) is 11.7. The molecule has 0 aliphatic heterocycles. The molecule has 0 saturated carbocycles. The average Bonchev–Trinajstić information content (AvgIpc) is 3.23. The monoisotopic (exact) mass is 525 g/mol. The number of nitrogens with one attached hydrogen (secondary N) is 3. The van der Waals surface area contributed by atoms with Crippen LogP contribution in [-0.2, 0) is 22.9 Å². The molecule has 0 unspecified atom stereocenters. The second-order valence-corrected chi connectivity index (χ2v) is 10.3. The first-order valence-corrected chi connectivity index (χ1v) is 13.2. The molecule has 2 amide bonds. The van der Waals surface area contributed by atoms with E-state index in [9.17, 15) is 13.2 Å². The number of aryl methyl sites for hydroxylation is 3. The number of sulfonamides is 1. The molecule has 194 valence electrons. The zero-order chi connectivity index (χ0) is 26.7. The minimum Gasteiger partial charge on any atom is -0.337 e. The summed E-state index contributed by atoms with van der Waals surface area (Å²) in [5.41, 5.74) is 5.52. The van der Waals surface area contributed by atoms with Gasteiger partial charge in [0.15, 0.2) is 11.3 Å². The van der Waals surface area contributed by atoms with Crippen LogP contribution >= 0.6 is 0 Å². The Morgan fingerprint density at radius 1 is 1.05 bits per heavy atom. The average molecular weight is 526 g/mol. The summed E-state index contributed by atoms with van der Waals surface area (Å²) in [6, 6.07) is 13.9. The van der Waals surface area contributed by atoms with Crippen LogP contribution in [-0.4, -0.2) is 45.9 Å². The fourth-order valence-corrected chi connectivity index (χ4v) is 5.04. The highest BCUT2D eigenvalue weighted by atomic mass is 32.2. The van der Waals surface area contributed by atoms with Gasteiger partial charge in [-0.25, -0.2) is 27.9 Å². The van der Waals surface area contributed by atoms with Crippen LogP contribution in [0.2, 0.25) is 0 Å². The molecule has 0 atom stereocenters. The predicted molar refractivity (Wildman–Crippen MR) is 136 cm³/mol. The summed E-state index contributed by atoms with van der Waals surface area (Å²) in [6.07, 6.45) is 1.24. The minimum absolute atomic E-state index is 0.0810. The van der Waals surface area contributed by atoms with E-state index in [2.05, 4.69) is 16.8 Å². The molecule has 2 aromatic heterocycles. The number of hydrogen-bond donors (Lipinski definition) is 5. The molecule has 12 heteroatoms. The van der Waals surface area contributed by atoms with Crippen molar-refractivity contribution in [3.8, 4) is 5.69 Å². The molecule has 4 aromatic rings. The number of fused-ring (bicyclic) bond motifs is 1. The lowest BCUT2D eigenvalue weighted by molar-refractivity contribution is -1.19. The smallest absolute Gasteiger partial charge is 0.328 e. The lowest BCUT2D eigenvalue weighted by Crippen LogP contribution is -3.01. The van der Waals surface area contributed by atoms with Crippen LogP contribution in [0, 0.1) is 13.8 Å². The molecular weight excluding hydrogens is 496 g/mol. The van der Waals surface area contributed by atoms with E-state index in [0.29, 0.717) is 6.42 Å². The summed E-state index contributed by atoms with van der Waals surface area (Å²) in [5, 5.41) is 19.8. The predicted octanol–water partition coefficient (Wildman–Crippen LogP) is 2.13. The fraction of sp³-hybridized carbons (Fsp3) is 0.240. The molecule has 2 aromatic carbocycles. The van der Waals surface area contributed by atoms with Crippen molar-refractivity contribution in [2.24, 2.45) is 0 Å². The second kappa shape index (κ2) is 10.6. The molecule has 0 saturated heterocycles. The van der Waals surface area contributed by atoms with Crippen LogP contribution in [0.4, 0.5) is 10.5 Å². The maximum atomic E-state index is 12.4. The standard InChI is InChI=1S/C25H28N6O5S/c1-4-22-28-23-16(2)14-17(3)27-24(23)30(22)19-10-8-18(9-11-19)12-13-26-25(32)29-37(35,36)21-7-5-6-20(15-21)31(33)34/h5-11,14-15,33-34H,4,12-13H2,1-3H3,(H2,26,29,32)/p+1. The zero-order valence-corrected chi connectivity index (χ0v) is 21.5. The van der Waals surface area contributed by atoms with Crippen molar-refractivity contribution in [2.75, 3.05) is 6.54 Å². The molecule has 0 radical (unpaired) electrons. The van der Waals surface area contributed by atoms with Crippen LogP contribution in [0.1, 0.15) is 29.6 Å². The van der Waals surface area contributed by atoms with Gasteiger partial charge in [-0.3, -0.25) is 4.57 Å². The van der Waals surface area contributed by atoms with Crippen molar-refractivity contribution in [3.63, 3.8) is 0 Å². The lowest BCUT2D eigenvalue weighted by Gasteiger charge is -2.11. The maximum absolute atomic E-state index is 12.4. The summed E-state index contributed by atoms with van der Waals surface area (Å²) in [5.74, 6) is 0.918. The summed E-state index contributed by atoms with van der Waals surface area (Å²) >= 11 is 0. The van der Waals surface area contributed by atoms with Crippen molar-refractivity contribution in [1.82, 2.24) is 24.6 Å². The Hall–Kier alpha value is -3.84. The number of nitrogens with zero attached hydrogens (tertiary/aromatic N) is 3. The largest absolute Gasteiger partial charge is 0.337 e. The molecule has 11 nitrogen and oxygen atoms in total. The molecule has 0 fully saturated rings. The van der Waals surface area contributed by atoms with Gasteiger partial charge in [0.1, 0.15) is 11.3 Å². The van der Waals surface area contributed by atoms with E-state index in [4.69, 9.17) is 20.4 Å². The third-order valence-electron chi connectivity index (χ3n) is 5.84. The number of aromatic nitrogens is 3. The van der Waals surface area contributed by atoms with Gasteiger partial charge in [0, 0.05) is 36.5 Å². The number of carbonyl (C=O) groups is 1. The van der Waals surface area contributed by atoms with Crippen LogP contribution < -0.4 is 15.3 Å². The van der Waals surface area contributed by atoms with E-state index in [0.717, 1.165) is 52.0 Å². The normalized spacial score (nSPS) is 11.7. The van der Waals surface area contributed by atoms with Gasteiger partial charge in [-0.2, -0.15) is 10.4 Å². The number of quaternary nitrogens is 1. The van der Waals surface area contributed by atoms with Crippen LogP contribution in [0.15, 0.2) is 59.5 Å². The summed E-state index contributed by atoms with van der Waals surface area (Å²) < 4.78 is 28.8. The highest BCUT2D eigenvalue weighted by molar-refractivity contribution is 7.90. The van der Waals surface area contributed by atoms with Gasteiger partial charge in [-0.05, 0) is 60.9 Å². The molecular formula is C25H29N6O5S+. The number of urea groups is 1. The minimum atomic E-state index is -4.18. The Labute approximate surface area is 214 Å². The van der Waals surface area contributed by atoms with Crippen molar-refractivity contribution in [2.45, 2.75) is 38.5 Å². The lowest BCUT2D eigenvalue weighted by atomic mass is 10.1. The quantitative estimate of drug-likeness (QED) is 0.221. The van der Waals surface area contributed by atoms with Crippen molar-refractivity contribution >= 4 is 32.9 Å². The molecule has 0 spiro atoms. The summed E-state index contributed by atoms with van der Waals surface area (Å²) in [7, 11) is -4.18. The molecule has 5 N–H and O–H groups in total. The van der Waals surface area contributed by atoms with Gasteiger partial charge in [0.2, 0.25) is 0 Å². The summed E-state index contributed by atoms with van der Waals surface area (Å²) in [6.45, 7) is 6.25. The topological polar surface area (TPSA) is 151 Å². The summed E-state index contributed by atoms with van der Waals surface area (Å²) in [4.78, 5) is 21.4. The van der Waals surface area contributed by atoms with E-state index in [1.165, 1.54) is 18.2 Å². The number of rotatable bonds is 8. The van der Waals surface area contributed by atoms with Gasteiger partial charge in [-0.1, -0.05) is 25.1 Å². The third kappa shape index (κ3) is 5.78. The maximum Gasteiger partial charge on any atom is 0.328 e. The van der Waals surface area contributed by atoms with Crippen molar-refractivity contribution < 1.29 is 28.9 Å². The molecule has 0 aliphatic carbocycles. The first kappa shape index (κ1) is 26.2. The number of pyridine rings is 1. The Morgan fingerprint density at radius 2 is 1.78 bits per heavy atom. The Bertz CT molecular complexity index is 1550. The third-order valence-corrected chi connectivity index (χ3v) is 7.17. The highest BCUT2D eigenvalue weighted by Crippen LogP contribution is 2.24. The van der Waals surface area contributed by atoms with Crippen LogP contribution in [0.5, 0.6) is 0 Å². The van der Waals surface area contributed by atoms with Gasteiger partial charge < -0.3 is 5.32 Å². The zero-order valence-electron chi connectivity index (χ0n) is 20.7. The van der Waals surface area contributed by atoms with Gasteiger partial charge in [0.25, 0.3) is 10.0 Å². The molecule has 4 rings (SSSR count). The van der Waals surface area contributed by atoms with E-state index in [1.54, 1.807) is 0 Å². The molecule has 37 heavy (non-hydrogen) atoms. The Balaban J connectivity index is 1.40. The number of benzene rings is 2. The van der Waals surface area contributed by atoms with E-state index < -0.39 is 21.3 Å². The number of imidazole rings is 1. The van der Waals surface area contributed by atoms with Gasteiger partial charge in [-0.15, -0.1) is 0 Å². The van der Waals surface area contributed by atoms with Crippen LogP contribution in [0.25, 0.3) is 16.9 Å². The van der Waals surface area contributed by atoms with Crippen molar-refractivity contribution in [1.29, 1.82) is 0 Å². The number of hydrogen-bond acceptors (Lipinski definition) is 7.